The van der Waals surface area contributed by atoms with Crippen molar-refractivity contribution in [2.75, 3.05) is 13.7 Å². The van der Waals surface area contributed by atoms with Gasteiger partial charge in [-0.25, -0.2) is 4.39 Å². The SMILES string of the molecule is COc1cccc(C(=O)NCC(C)(C)C(O)C(C)C)c1F. The van der Waals surface area contributed by atoms with E-state index in [-0.39, 0.29) is 23.8 Å². The molecule has 21 heavy (non-hydrogen) atoms. The largest absolute Gasteiger partial charge is 0.494 e. The lowest BCUT2D eigenvalue weighted by atomic mass is 9.80. The van der Waals surface area contributed by atoms with E-state index in [0.717, 1.165) is 0 Å². The molecule has 1 amide bonds. The van der Waals surface area contributed by atoms with Gasteiger partial charge in [-0.15, -0.1) is 0 Å². The van der Waals surface area contributed by atoms with Gasteiger partial charge in [0, 0.05) is 12.0 Å². The third kappa shape index (κ3) is 4.17. The average molecular weight is 297 g/mol. The molecule has 0 radical (unpaired) electrons. The maximum Gasteiger partial charge on any atom is 0.254 e. The number of carbonyl (C=O) groups excluding carboxylic acids is 1. The standard InChI is InChI=1S/C16H24FNO3/c1-10(2)14(19)16(3,4)9-18-15(20)11-7-6-8-12(21-5)13(11)17/h6-8,10,14,19H,9H2,1-5H3,(H,18,20). The van der Waals surface area contributed by atoms with Gasteiger partial charge in [-0.3, -0.25) is 4.79 Å². The fourth-order valence-corrected chi connectivity index (χ4v) is 2.25. The minimum absolute atomic E-state index is 0.0316. The van der Waals surface area contributed by atoms with Crippen molar-refractivity contribution in [2.24, 2.45) is 11.3 Å². The quantitative estimate of drug-likeness (QED) is 0.848. The summed E-state index contributed by atoms with van der Waals surface area (Å²) in [4.78, 5) is 12.1. The summed E-state index contributed by atoms with van der Waals surface area (Å²) in [5, 5.41) is 12.8. The van der Waals surface area contributed by atoms with Crippen molar-refractivity contribution in [3.63, 3.8) is 0 Å². The van der Waals surface area contributed by atoms with Crippen molar-refractivity contribution in [1.29, 1.82) is 0 Å². The maximum absolute atomic E-state index is 14.0. The van der Waals surface area contributed by atoms with E-state index in [4.69, 9.17) is 4.74 Å². The Labute approximate surface area is 125 Å². The lowest BCUT2D eigenvalue weighted by Gasteiger charge is -2.33. The number of nitrogens with one attached hydrogen (secondary N) is 1. The molecule has 1 unspecified atom stereocenters. The number of hydrogen-bond donors (Lipinski definition) is 2. The van der Waals surface area contributed by atoms with E-state index in [1.54, 1.807) is 6.07 Å². The first-order valence-electron chi connectivity index (χ1n) is 6.99. The molecule has 0 saturated heterocycles. The van der Waals surface area contributed by atoms with Crippen LogP contribution in [0.3, 0.4) is 0 Å². The minimum atomic E-state index is -0.681. The van der Waals surface area contributed by atoms with Crippen LogP contribution in [0.2, 0.25) is 0 Å². The Morgan fingerprint density at radius 3 is 2.57 bits per heavy atom. The van der Waals surface area contributed by atoms with Crippen LogP contribution in [0.5, 0.6) is 5.75 Å². The van der Waals surface area contributed by atoms with Gasteiger partial charge in [0.2, 0.25) is 0 Å². The topological polar surface area (TPSA) is 58.6 Å². The summed E-state index contributed by atoms with van der Waals surface area (Å²) >= 11 is 0. The first kappa shape index (κ1) is 17.4. The maximum atomic E-state index is 14.0. The highest BCUT2D eigenvalue weighted by Gasteiger charge is 2.31. The summed E-state index contributed by atoms with van der Waals surface area (Å²) in [6, 6.07) is 4.42. The molecule has 0 aliphatic carbocycles. The molecule has 0 fully saturated rings. The zero-order valence-corrected chi connectivity index (χ0v) is 13.2. The molecule has 1 rings (SSSR count). The highest BCUT2D eigenvalue weighted by molar-refractivity contribution is 5.94. The number of ether oxygens (including phenoxy) is 1. The number of benzene rings is 1. The Morgan fingerprint density at radius 1 is 1.43 bits per heavy atom. The van der Waals surface area contributed by atoms with Crippen LogP contribution in [0.4, 0.5) is 4.39 Å². The van der Waals surface area contributed by atoms with Crippen LogP contribution < -0.4 is 10.1 Å². The van der Waals surface area contributed by atoms with Gasteiger partial charge in [0.1, 0.15) is 0 Å². The smallest absolute Gasteiger partial charge is 0.254 e. The summed E-state index contributed by atoms with van der Waals surface area (Å²) in [7, 11) is 1.35. The van der Waals surface area contributed by atoms with Crippen LogP contribution >= 0.6 is 0 Å². The van der Waals surface area contributed by atoms with Crippen molar-refractivity contribution in [1.82, 2.24) is 5.32 Å². The van der Waals surface area contributed by atoms with E-state index in [2.05, 4.69) is 5.32 Å². The third-order valence-electron chi connectivity index (χ3n) is 3.56. The summed E-state index contributed by atoms with van der Waals surface area (Å²) < 4.78 is 18.9. The molecule has 0 bridgehead atoms. The lowest BCUT2D eigenvalue weighted by molar-refractivity contribution is 0.0138. The van der Waals surface area contributed by atoms with Gasteiger partial charge in [0.25, 0.3) is 5.91 Å². The first-order valence-corrected chi connectivity index (χ1v) is 6.99. The molecule has 1 atom stereocenters. The van der Waals surface area contributed by atoms with Crippen LogP contribution in [-0.4, -0.2) is 30.8 Å². The minimum Gasteiger partial charge on any atom is -0.494 e. The molecule has 118 valence electrons. The average Bonchev–Trinajstić information content (AvgIpc) is 2.44. The van der Waals surface area contributed by atoms with E-state index in [1.165, 1.54) is 19.2 Å². The number of aliphatic hydroxyl groups is 1. The molecule has 1 aromatic carbocycles. The third-order valence-corrected chi connectivity index (χ3v) is 3.56. The fraction of sp³-hybridized carbons (Fsp3) is 0.562. The van der Waals surface area contributed by atoms with Crippen LogP contribution in [-0.2, 0) is 0 Å². The Hall–Kier alpha value is -1.62. The first-order chi connectivity index (χ1) is 9.70. The molecule has 0 saturated carbocycles. The monoisotopic (exact) mass is 297 g/mol. The number of rotatable bonds is 6. The van der Waals surface area contributed by atoms with Crippen molar-refractivity contribution in [3.05, 3.63) is 29.6 Å². The van der Waals surface area contributed by atoms with Gasteiger partial charge in [0.15, 0.2) is 11.6 Å². The van der Waals surface area contributed by atoms with Crippen LogP contribution in [0.25, 0.3) is 0 Å². The zero-order chi connectivity index (χ0) is 16.2. The molecule has 0 spiro atoms. The van der Waals surface area contributed by atoms with Crippen LogP contribution in [0.15, 0.2) is 18.2 Å². The summed E-state index contributed by atoms with van der Waals surface area (Å²) in [5.41, 5.74) is -0.566. The van der Waals surface area contributed by atoms with E-state index in [1.807, 2.05) is 27.7 Å². The second-order valence-corrected chi connectivity index (χ2v) is 6.18. The van der Waals surface area contributed by atoms with Crippen molar-refractivity contribution < 1.29 is 19.0 Å². The van der Waals surface area contributed by atoms with Gasteiger partial charge in [-0.2, -0.15) is 0 Å². The zero-order valence-electron chi connectivity index (χ0n) is 13.2. The fourth-order valence-electron chi connectivity index (χ4n) is 2.25. The molecule has 0 aliphatic heterocycles. The summed E-state index contributed by atoms with van der Waals surface area (Å²) in [5.74, 6) is -1.09. The van der Waals surface area contributed by atoms with Gasteiger partial charge in [-0.1, -0.05) is 33.8 Å². The molecule has 1 aromatic rings. The van der Waals surface area contributed by atoms with Gasteiger partial charge >= 0.3 is 0 Å². The second kappa shape index (κ2) is 6.89. The van der Waals surface area contributed by atoms with Crippen LogP contribution in [0.1, 0.15) is 38.1 Å². The number of hydrogen-bond acceptors (Lipinski definition) is 3. The van der Waals surface area contributed by atoms with Crippen molar-refractivity contribution in [3.8, 4) is 5.75 Å². The number of halogens is 1. The summed E-state index contributed by atoms with van der Waals surface area (Å²) in [6.45, 7) is 7.80. The number of aliphatic hydroxyl groups excluding tert-OH is 1. The Kier molecular flexibility index (Phi) is 5.72. The molecule has 5 heteroatoms. The molecule has 0 aliphatic rings. The van der Waals surface area contributed by atoms with Crippen molar-refractivity contribution >= 4 is 5.91 Å². The van der Waals surface area contributed by atoms with E-state index < -0.39 is 23.2 Å². The number of methoxy groups -OCH3 is 1. The Morgan fingerprint density at radius 2 is 2.05 bits per heavy atom. The second-order valence-electron chi connectivity index (χ2n) is 6.18. The number of amides is 1. The molecular formula is C16H24FNO3. The van der Waals surface area contributed by atoms with E-state index >= 15 is 0 Å². The normalized spacial score (nSPS) is 13.1. The summed E-state index contributed by atoms with van der Waals surface area (Å²) in [6.07, 6.45) is -0.562. The number of carbonyl (C=O) groups is 1. The highest BCUT2D eigenvalue weighted by atomic mass is 19.1. The van der Waals surface area contributed by atoms with Crippen LogP contribution in [0, 0.1) is 17.2 Å². The van der Waals surface area contributed by atoms with E-state index in [9.17, 15) is 14.3 Å². The molecule has 0 heterocycles. The molecular weight excluding hydrogens is 273 g/mol. The molecule has 0 aromatic heterocycles. The highest BCUT2D eigenvalue weighted by Crippen LogP contribution is 2.25. The van der Waals surface area contributed by atoms with Gasteiger partial charge < -0.3 is 15.2 Å². The predicted molar refractivity (Wildman–Crippen MR) is 79.9 cm³/mol. The van der Waals surface area contributed by atoms with Gasteiger partial charge in [-0.05, 0) is 18.1 Å². The Balaban J connectivity index is 2.79. The molecule has 2 N–H and O–H groups in total. The molecule has 4 nitrogen and oxygen atoms in total. The lowest BCUT2D eigenvalue weighted by Crippen LogP contribution is -2.43. The Bertz CT molecular complexity index is 500. The van der Waals surface area contributed by atoms with E-state index in [0.29, 0.717) is 0 Å². The predicted octanol–water partition coefficient (Wildman–Crippen LogP) is 2.61. The van der Waals surface area contributed by atoms with Crippen molar-refractivity contribution in [2.45, 2.75) is 33.8 Å². The van der Waals surface area contributed by atoms with Gasteiger partial charge in [0.05, 0.1) is 18.8 Å².